The number of ether oxygens (including phenoxy) is 1. The quantitative estimate of drug-likeness (QED) is 0.808. The van der Waals surface area contributed by atoms with Crippen LogP contribution in [0.2, 0.25) is 5.15 Å². The van der Waals surface area contributed by atoms with Crippen LogP contribution in [0.5, 0.6) is 5.75 Å². The summed E-state index contributed by atoms with van der Waals surface area (Å²) in [6, 6.07) is 0.310. The third kappa shape index (κ3) is 2.98. The second-order valence-corrected chi connectivity index (χ2v) is 4.22. The fourth-order valence-corrected chi connectivity index (χ4v) is 1.56. The van der Waals surface area contributed by atoms with Crippen LogP contribution >= 0.6 is 11.6 Å². The van der Waals surface area contributed by atoms with Crippen molar-refractivity contribution in [1.82, 2.24) is 9.97 Å². The number of nitrogens with one attached hydrogen (secondary N) is 1. The maximum absolute atomic E-state index is 5.91. The first-order valence-electron chi connectivity index (χ1n) is 5.41. The van der Waals surface area contributed by atoms with Crippen molar-refractivity contribution in [3.63, 3.8) is 0 Å². The number of anilines is 1. The molecule has 0 saturated heterocycles. The lowest BCUT2D eigenvalue weighted by Crippen LogP contribution is -2.24. The lowest BCUT2D eigenvalue weighted by atomic mass is 10.0. The van der Waals surface area contributed by atoms with Gasteiger partial charge in [-0.25, -0.2) is 9.97 Å². The molecule has 4 nitrogen and oxygen atoms in total. The third-order valence-corrected chi connectivity index (χ3v) is 3.10. The topological polar surface area (TPSA) is 47.0 Å². The van der Waals surface area contributed by atoms with Gasteiger partial charge < -0.3 is 10.1 Å². The maximum Gasteiger partial charge on any atom is 0.198 e. The zero-order valence-corrected chi connectivity index (χ0v) is 10.9. The van der Waals surface area contributed by atoms with Crippen molar-refractivity contribution in [2.45, 2.75) is 33.2 Å². The van der Waals surface area contributed by atoms with Crippen molar-refractivity contribution >= 4 is 17.4 Å². The normalized spacial score (nSPS) is 14.3. The standard InChI is InChI=1S/C11H18ClN3O/c1-5-7(2)8(3)15-11-9(16-4)10(12)13-6-14-11/h6-8H,5H2,1-4H3,(H,13,14,15). The molecule has 0 aromatic carbocycles. The predicted octanol–water partition coefficient (Wildman–Crippen LogP) is 2.99. The van der Waals surface area contributed by atoms with Crippen LogP contribution in [0.3, 0.4) is 0 Å². The molecule has 1 aromatic rings. The van der Waals surface area contributed by atoms with Crippen LogP contribution in [0.4, 0.5) is 5.82 Å². The van der Waals surface area contributed by atoms with Gasteiger partial charge in [-0.1, -0.05) is 31.9 Å². The molecule has 1 aromatic heterocycles. The molecule has 2 atom stereocenters. The van der Waals surface area contributed by atoms with Gasteiger partial charge in [-0.05, 0) is 12.8 Å². The van der Waals surface area contributed by atoms with E-state index in [1.54, 1.807) is 7.11 Å². The van der Waals surface area contributed by atoms with Gasteiger partial charge in [0.1, 0.15) is 6.33 Å². The molecule has 5 heteroatoms. The van der Waals surface area contributed by atoms with Gasteiger partial charge in [0, 0.05) is 6.04 Å². The van der Waals surface area contributed by atoms with Crippen molar-refractivity contribution in [3.05, 3.63) is 11.5 Å². The van der Waals surface area contributed by atoms with Crippen molar-refractivity contribution in [2.24, 2.45) is 5.92 Å². The van der Waals surface area contributed by atoms with Gasteiger partial charge in [0.15, 0.2) is 16.7 Å². The monoisotopic (exact) mass is 243 g/mol. The van der Waals surface area contributed by atoms with E-state index in [2.05, 4.69) is 36.1 Å². The van der Waals surface area contributed by atoms with Crippen molar-refractivity contribution < 1.29 is 4.74 Å². The van der Waals surface area contributed by atoms with Crippen LogP contribution < -0.4 is 10.1 Å². The second-order valence-electron chi connectivity index (χ2n) is 3.86. The summed E-state index contributed by atoms with van der Waals surface area (Å²) in [5, 5.41) is 3.62. The van der Waals surface area contributed by atoms with Crippen molar-refractivity contribution in [1.29, 1.82) is 0 Å². The Morgan fingerprint density at radius 2 is 2.12 bits per heavy atom. The van der Waals surface area contributed by atoms with E-state index < -0.39 is 0 Å². The van der Waals surface area contributed by atoms with Crippen LogP contribution in [0, 0.1) is 5.92 Å². The molecule has 1 heterocycles. The van der Waals surface area contributed by atoms with Crippen molar-refractivity contribution in [2.75, 3.05) is 12.4 Å². The molecule has 0 saturated carbocycles. The summed E-state index contributed by atoms with van der Waals surface area (Å²) in [7, 11) is 1.56. The first-order valence-corrected chi connectivity index (χ1v) is 5.78. The molecular weight excluding hydrogens is 226 g/mol. The van der Waals surface area contributed by atoms with Crippen LogP contribution in [0.25, 0.3) is 0 Å². The van der Waals surface area contributed by atoms with E-state index in [4.69, 9.17) is 16.3 Å². The fourth-order valence-electron chi connectivity index (χ4n) is 1.35. The summed E-state index contributed by atoms with van der Waals surface area (Å²) in [4.78, 5) is 8.01. The Bertz CT molecular complexity index is 346. The molecular formula is C11H18ClN3O. The molecule has 1 N–H and O–H groups in total. The number of hydrogen-bond donors (Lipinski definition) is 1. The molecule has 2 unspecified atom stereocenters. The maximum atomic E-state index is 5.91. The molecule has 0 spiro atoms. The molecule has 0 aliphatic carbocycles. The highest BCUT2D eigenvalue weighted by molar-refractivity contribution is 6.31. The minimum absolute atomic E-state index is 0.310. The second kappa shape index (κ2) is 5.89. The van der Waals surface area contributed by atoms with Crippen LogP contribution in [0.1, 0.15) is 27.2 Å². The van der Waals surface area contributed by atoms with Gasteiger partial charge in [0.25, 0.3) is 0 Å². The Morgan fingerprint density at radius 3 is 2.69 bits per heavy atom. The largest absolute Gasteiger partial charge is 0.490 e. The van der Waals surface area contributed by atoms with E-state index in [1.807, 2.05) is 0 Å². The summed E-state index contributed by atoms with van der Waals surface area (Å²) in [5.74, 6) is 1.70. The molecule has 0 fully saturated rings. The Hall–Kier alpha value is -1.03. The molecule has 16 heavy (non-hydrogen) atoms. The van der Waals surface area contributed by atoms with Gasteiger partial charge in [-0.2, -0.15) is 0 Å². The molecule has 0 aliphatic heterocycles. The highest BCUT2D eigenvalue weighted by Gasteiger charge is 2.15. The van der Waals surface area contributed by atoms with E-state index in [0.717, 1.165) is 6.42 Å². The average molecular weight is 244 g/mol. The van der Waals surface area contributed by atoms with E-state index in [-0.39, 0.29) is 0 Å². The van der Waals surface area contributed by atoms with Gasteiger partial charge in [0.2, 0.25) is 0 Å². The summed E-state index contributed by atoms with van der Waals surface area (Å²) < 4.78 is 5.17. The molecule has 0 bridgehead atoms. The average Bonchev–Trinajstić information content (AvgIpc) is 2.28. The highest BCUT2D eigenvalue weighted by atomic mass is 35.5. The molecule has 0 amide bonds. The fraction of sp³-hybridized carbons (Fsp3) is 0.636. The minimum Gasteiger partial charge on any atom is -0.490 e. The minimum atomic E-state index is 0.310. The zero-order valence-electron chi connectivity index (χ0n) is 10.1. The number of aromatic nitrogens is 2. The number of halogens is 1. The molecule has 0 aliphatic rings. The van der Waals surface area contributed by atoms with Crippen LogP contribution in [-0.4, -0.2) is 23.1 Å². The summed E-state index contributed by atoms with van der Waals surface area (Å²) in [5.41, 5.74) is 0. The number of methoxy groups -OCH3 is 1. The third-order valence-electron chi connectivity index (χ3n) is 2.83. The van der Waals surface area contributed by atoms with Gasteiger partial charge in [0.05, 0.1) is 7.11 Å². The lowest BCUT2D eigenvalue weighted by Gasteiger charge is -2.21. The van der Waals surface area contributed by atoms with E-state index in [0.29, 0.717) is 28.7 Å². The van der Waals surface area contributed by atoms with Gasteiger partial charge >= 0.3 is 0 Å². The molecule has 1 rings (SSSR count). The van der Waals surface area contributed by atoms with Crippen LogP contribution in [-0.2, 0) is 0 Å². The first-order chi connectivity index (χ1) is 7.60. The van der Waals surface area contributed by atoms with Gasteiger partial charge in [-0.3, -0.25) is 0 Å². The number of hydrogen-bond acceptors (Lipinski definition) is 4. The zero-order chi connectivity index (χ0) is 12.1. The smallest absolute Gasteiger partial charge is 0.198 e. The summed E-state index contributed by atoms with van der Waals surface area (Å²) in [6.45, 7) is 6.46. The predicted molar refractivity (Wildman–Crippen MR) is 66.1 cm³/mol. The highest BCUT2D eigenvalue weighted by Crippen LogP contribution is 2.29. The number of rotatable bonds is 5. The van der Waals surface area contributed by atoms with E-state index in [1.165, 1.54) is 6.33 Å². The Balaban J connectivity index is 2.84. The van der Waals surface area contributed by atoms with Crippen molar-refractivity contribution in [3.8, 4) is 5.75 Å². The lowest BCUT2D eigenvalue weighted by molar-refractivity contribution is 0.410. The molecule has 0 radical (unpaired) electrons. The Morgan fingerprint density at radius 1 is 1.44 bits per heavy atom. The van der Waals surface area contributed by atoms with E-state index in [9.17, 15) is 0 Å². The summed E-state index contributed by atoms with van der Waals surface area (Å²) >= 11 is 5.91. The Kier molecular flexibility index (Phi) is 4.80. The molecule has 90 valence electrons. The van der Waals surface area contributed by atoms with Crippen LogP contribution in [0.15, 0.2) is 6.33 Å². The Labute approximate surface area is 101 Å². The first kappa shape index (κ1) is 13.0. The van der Waals surface area contributed by atoms with Gasteiger partial charge in [-0.15, -0.1) is 0 Å². The number of nitrogens with zero attached hydrogens (tertiary/aromatic N) is 2. The SMILES string of the molecule is CCC(C)C(C)Nc1ncnc(Cl)c1OC. The van der Waals surface area contributed by atoms with E-state index >= 15 is 0 Å². The summed E-state index contributed by atoms with van der Waals surface area (Å²) in [6.07, 6.45) is 2.53.